The molecule has 0 aliphatic rings. The first kappa shape index (κ1) is 15.7. The van der Waals surface area contributed by atoms with E-state index in [1.54, 1.807) is 13.2 Å². The van der Waals surface area contributed by atoms with Crippen LogP contribution in [-0.2, 0) is 0 Å². The minimum atomic E-state index is -0.0650. The van der Waals surface area contributed by atoms with Crippen LogP contribution in [0.5, 0.6) is 17.2 Å². The van der Waals surface area contributed by atoms with Crippen LogP contribution in [0.15, 0.2) is 47.3 Å². The van der Waals surface area contributed by atoms with Gasteiger partial charge in [-0.05, 0) is 0 Å². The number of methoxy groups -OCH3 is 3. The van der Waals surface area contributed by atoms with Crippen molar-refractivity contribution in [3.8, 4) is 27.2 Å². The molecule has 0 spiro atoms. The van der Waals surface area contributed by atoms with E-state index in [1.165, 1.54) is 14.2 Å². The van der Waals surface area contributed by atoms with E-state index >= 15 is 0 Å². The Balaban J connectivity index is 2.36. The van der Waals surface area contributed by atoms with Crippen LogP contribution in [0.1, 0.15) is 0 Å². The summed E-state index contributed by atoms with van der Waals surface area (Å²) in [6.45, 7) is 0. The number of rotatable bonds is 4. The van der Waals surface area contributed by atoms with Crippen molar-refractivity contribution >= 4 is 24.1 Å². The van der Waals surface area contributed by atoms with Crippen molar-refractivity contribution in [2.45, 2.75) is 0 Å². The molecule has 0 aliphatic heterocycles. The summed E-state index contributed by atoms with van der Waals surface area (Å²) in [4.78, 5) is 12.7. The van der Waals surface area contributed by atoms with Crippen LogP contribution in [0.3, 0.4) is 0 Å². The van der Waals surface area contributed by atoms with Crippen molar-refractivity contribution < 1.29 is 14.2 Å². The summed E-state index contributed by atoms with van der Waals surface area (Å²) in [7, 11) is 4.65. The zero-order chi connectivity index (χ0) is 16.4. The van der Waals surface area contributed by atoms with Gasteiger partial charge in [-0.25, -0.2) is 0 Å². The maximum absolute atomic E-state index is 12.7. The third kappa shape index (κ3) is 2.74. The van der Waals surface area contributed by atoms with Gasteiger partial charge in [0.1, 0.15) is 0 Å². The van der Waals surface area contributed by atoms with E-state index in [4.69, 9.17) is 14.2 Å². The first-order valence-electron chi connectivity index (χ1n) is 7.01. The van der Waals surface area contributed by atoms with Crippen LogP contribution in [0.4, 0.5) is 0 Å². The molecule has 3 rings (SSSR count). The standard InChI is InChI=1S/C18H16O4Se/c1-20-13-10-15-16(18(22-3)17(13)21-2)12(19)9-14(23-15)11-7-5-4-6-8-11/h4-10H,1-3H3. The second kappa shape index (κ2) is 6.49. The topological polar surface area (TPSA) is 44.8 Å². The second-order valence-corrected chi connectivity index (χ2v) is 7.13. The third-order valence-electron chi connectivity index (χ3n) is 3.58. The summed E-state index contributed by atoms with van der Waals surface area (Å²) in [5, 5.41) is 0.574. The number of hydrogen-bond donors (Lipinski definition) is 0. The summed E-state index contributed by atoms with van der Waals surface area (Å²) >= 11 is -0.0164. The molecular weight excluding hydrogens is 359 g/mol. The summed E-state index contributed by atoms with van der Waals surface area (Å²) in [5.74, 6) is 1.47. The molecule has 0 radical (unpaired) electrons. The number of fused-ring (bicyclic) bond motifs is 1. The Hall–Kier alpha value is -2.23. The van der Waals surface area contributed by atoms with Gasteiger partial charge in [-0.1, -0.05) is 0 Å². The van der Waals surface area contributed by atoms with Gasteiger partial charge >= 0.3 is 140 Å². The third-order valence-corrected chi connectivity index (χ3v) is 5.92. The van der Waals surface area contributed by atoms with Crippen LogP contribution < -0.4 is 19.6 Å². The van der Waals surface area contributed by atoms with Crippen LogP contribution >= 0.6 is 0 Å². The predicted molar refractivity (Wildman–Crippen MR) is 92.3 cm³/mol. The van der Waals surface area contributed by atoms with Crippen LogP contribution in [0.25, 0.3) is 19.6 Å². The average Bonchev–Trinajstić information content (AvgIpc) is 2.60. The normalized spacial score (nSPS) is 10.6. The number of ether oxygens (including phenoxy) is 3. The Kier molecular flexibility index (Phi) is 4.42. The van der Waals surface area contributed by atoms with Gasteiger partial charge in [0.05, 0.1) is 0 Å². The van der Waals surface area contributed by atoms with Crippen molar-refractivity contribution in [3.05, 3.63) is 52.7 Å². The van der Waals surface area contributed by atoms with Gasteiger partial charge in [0.15, 0.2) is 0 Å². The maximum atomic E-state index is 12.7. The monoisotopic (exact) mass is 376 g/mol. The van der Waals surface area contributed by atoms with Gasteiger partial charge in [-0.3, -0.25) is 0 Å². The fraction of sp³-hybridized carbons (Fsp3) is 0.167. The van der Waals surface area contributed by atoms with Crippen LogP contribution in [-0.4, -0.2) is 35.8 Å². The molecule has 2 aromatic carbocycles. The molecule has 1 heterocycles. The first-order valence-corrected chi connectivity index (χ1v) is 8.73. The fourth-order valence-electron chi connectivity index (χ4n) is 2.53. The van der Waals surface area contributed by atoms with Gasteiger partial charge in [0.2, 0.25) is 0 Å². The molecule has 0 fully saturated rings. The molecule has 0 saturated carbocycles. The molecule has 5 heteroatoms. The van der Waals surface area contributed by atoms with E-state index in [9.17, 15) is 4.79 Å². The van der Waals surface area contributed by atoms with E-state index in [1.807, 2.05) is 36.4 Å². The Labute approximate surface area is 140 Å². The van der Waals surface area contributed by atoms with Gasteiger partial charge in [-0.2, -0.15) is 0 Å². The SMILES string of the molecule is COc1cc2[se]c(-c3ccccc3)cc(=O)c2c(OC)c1OC. The molecule has 0 atom stereocenters. The van der Waals surface area contributed by atoms with E-state index in [0.29, 0.717) is 22.6 Å². The van der Waals surface area contributed by atoms with Crippen molar-refractivity contribution in [2.24, 2.45) is 0 Å². The molecule has 0 aliphatic carbocycles. The molecular formula is C18H16O4Se. The first-order chi connectivity index (χ1) is 11.2. The molecule has 0 unspecified atom stereocenters. The van der Waals surface area contributed by atoms with Crippen LogP contribution in [0.2, 0.25) is 0 Å². The number of benzene rings is 2. The predicted octanol–water partition coefficient (Wildman–Crippen LogP) is 2.95. The summed E-state index contributed by atoms with van der Waals surface area (Å²) in [6, 6.07) is 13.5. The van der Waals surface area contributed by atoms with Gasteiger partial charge < -0.3 is 0 Å². The van der Waals surface area contributed by atoms with Gasteiger partial charge in [0.25, 0.3) is 0 Å². The van der Waals surface area contributed by atoms with E-state index in [-0.39, 0.29) is 19.9 Å². The molecule has 0 amide bonds. The Morgan fingerprint density at radius 2 is 1.57 bits per heavy atom. The fourth-order valence-corrected chi connectivity index (χ4v) is 4.88. The quantitative estimate of drug-likeness (QED) is 0.658. The Bertz CT molecular complexity index is 900. The Morgan fingerprint density at radius 1 is 0.870 bits per heavy atom. The summed E-state index contributed by atoms with van der Waals surface area (Å²) < 4.78 is 18.2. The molecule has 0 bridgehead atoms. The molecule has 1 aromatic heterocycles. The summed E-state index contributed by atoms with van der Waals surface area (Å²) in [6.07, 6.45) is 0. The van der Waals surface area contributed by atoms with E-state index in [2.05, 4.69) is 0 Å². The molecule has 4 nitrogen and oxygen atoms in total. The summed E-state index contributed by atoms with van der Waals surface area (Å²) in [5.41, 5.74) is 1.00. The molecule has 0 N–H and O–H groups in total. The van der Waals surface area contributed by atoms with Crippen molar-refractivity contribution in [2.75, 3.05) is 21.3 Å². The number of hydrogen-bond acceptors (Lipinski definition) is 4. The zero-order valence-corrected chi connectivity index (χ0v) is 14.8. The average molecular weight is 375 g/mol. The van der Waals surface area contributed by atoms with E-state index < -0.39 is 0 Å². The molecule has 23 heavy (non-hydrogen) atoms. The van der Waals surface area contributed by atoms with Gasteiger partial charge in [0, 0.05) is 0 Å². The van der Waals surface area contributed by atoms with Crippen molar-refractivity contribution in [1.29, 1.82) is 0 Å². The van der Waals surface area contributed by atoms with Crippen LogP contribution in [0, 0.1) is 0 Å². The van der Waals surface area contributed by atoms with E-state index in [0.717, 1.165) is 14.3 Å². The van der Waals surface area contributed by atoms with Gasteiger partial charge in [-0.15, -0.1) is 0 Å². The molecule has 118 valence electrons. The van der Waals surface area contributed by atoms with Crippen molar-refractivity contribution in [1.82, 2.24) is 0 Å². The molecule has 3 aromatic rings. The minimum absolute atomic E-state index is 0.0164. The zero-order valence-electron chi connectivity index (χ0n) is 13.1. The Morgan fingerprint density at radius 3 is 2.17 bits per heavy atom. The van der Waals surface area contributed by atoms with Crippen molar-refractivity contribution in [3.63, 3.8) is 0 Å². The second-order valence-electron chi connectivity index (χ2n) is 4.86. The molecule has 0 saturated heterocycles.